The number of nitrogens with one attached hydrogen (secondary N) is 1. The normalized spacial score (nSPS) is 11.4. The van der Waals surface area contributed by atoms with E-state index in [1.807, 2.05) is 42.5 Å². The molecule has 0 saturated carbocycles. The minimum atomic E-state index is -1.09. The zero-order chi connectivity index (χ0) is 21.5. The Morgan fingerprint density at radius 3 is 2.00 bits per heavy atom. The van der Waals surface area contributed by atoms with E-state index in [0.717, 1.165) is 16.7 Å². The number of carbonyl (C=O) groups is 2. The molecular formula is C24H23NO5. The quantitative estimate of drug-likeness (QED) is 0.596. The predicted molar refractivity (Wildman–Crippen MR) is 114 cm³/mol. The van der Waals surface area contributed by atoms with Crippen molar-refractivity contribution in [2.75, 3.05) is 14.2 Å². The summed E-state index contributed by atoms with van der Waals surface area (Å²) in [6.45, 7) is 0. The topological polar surface area (TPSA) is 84.9 Å². The number of carbonyl (C=O) groups excluding carboxylic acids is 1. The Labute approximate surface area is 175 Å². The highest BCUT2D eigenvalue weighted by Crippen LogP contribution is 2.38. The lowest BCUT2D eigenvalue weighted by molar-refractivity contribution is -0.139. The van der Waals surface area contributed by atoms with E-state index < -0.39 is 17.9 Å². The predicted octanol–water partition coefficient (Wildman–Crippen LogP) is 3.80. The van der Waals surface area contributed by atoms with Gasteiger partial charge in [-0.2, -0.15) is 0 Å². The molecule has 3 aromatic rings. The van der Waals surface area contributed by atoms with E-state index >= 15 is 0 Å². The smallest absolute Gasteiger partial charge is 0.326 e. The Hall–Kier alpha value is -3.80. The lowest BCUT2D eigenvalue weighted by Crippen LogP contribution is -2.42. The molecule has 3 aromatic carbocycles. The van der Waals surface area contributed by atoms with Crippen LogP contribution in [0, 0.1) is 0 Å². The third-order valence-corrected chi connectivity index (χ3v) is 4.75. The number of methoxy groups -OCH3 is 2. The van der Waals surface area contributed by atoms with E-state index in [9.17, 15) is 14.7 Å². The Balaban J connectivity index is 1.79. The van der Waals surface area contributed by atoms with Crippen molar-refractivity contribution in [2.24, 2.45) is 0 Å². The van der Waals surface area contributed by atoms with Gasteiger partial charge in [-0.25, -0.2) is 4.79 Å². The number of carboxylic acid groups (broad SMARTS) is 1. The van der Waals surface area contributed by atoms with Gasteiger partial charge in [-0.15, -0.1) is 0 Å². The minimum Gasteiger partial charge on any atom is -0.496 e. The van der Waals surface area contributed by atoms with Gasteiger partial charge in [0.25, 0.3) is 5.91 Å². The maximum absolute atomic E-state index is 12.3. The van der Waals surface area contributed by atoms with Crippen LogP contribution in [0.1, 0.15) is 15.9 Å². The SMILES string of the molecule is COc1cccc(OC)c1-c1ccc(C[C@H](NC(=O)c2ccccc2)C(=O)O)cc1. The summed E-state index contributed by atoms with van der Waals surface area (Å²) in [5.41, 5.74) is 2.91. The number of aliphatic carboxylic acids is 1. The van der Waals surface area contributed by atoms with E-state index in [2.05, 4.69) is 5.32 Å². The van der Waals surface area contributed by atoms with Gasteiger partial charge in [0.05, 0.1) is 19.8 Å². The molecule has 0 bridgehead atoms. The van der Waals surface area contributed by atoms with Crippen LogP contribution in [0.3, 0.4) is 0 Å². The Morgan fingerprint density at radius 2 is 1.47 bits per heavy atom. The summed E-state index contributed by atoms with van der Waals surface area (Å²) in [6.07, 6.45) is 0.164. The molecule has 0 fully saturated rings. The molecule has 6 nitrogen and oxygen atoms in total. The van der Waals surface area contributed by atoms with Gasteiger partial charge < -0.3 is 19.9 Å². The van der Waals surface area contributed by atoms with Crippen LogP contribution in [0.5, 0.6) is 11.5 Å². The number of hydrogen-bond donors (Lipinski definition) is 2. The zero-order valence-electron chi connectivity index (χ0n) is 16.8. The lowest BCUT2D eigenvalue weighted by atomic mass is 9.99. The van der Waals surface area contributed by atoms with Crippen LogP contribution in [0.25, 0.3) is 11.1 Å². The molecular weight excluding hydrogens is 382 g/mol. The minimum absolute atomic E-state index is 0.164. The molecule has 1 atom stereocenters. The van der Waals surface area contributed by atoms with Crippen molar-refractivity contribution in [1.82, 2.24) is 5.32 Å². The fourth-order valence-corrected chi connectivity index (χ4v) is 3.21. The highest BCUT2D eigenvalue weighted by atomic mass is 16.5. The number of ether oxygens (including phenoxy) is 2. The van der Waals surface area contributed by atoms with Crippen LogP contribution in [0.15, 0.2) is 72.8 Å². The third kappa shape index (κ3) is 4.78. The maximum Gasteiger partial charge on any atom is 0.326 e. The molecule has 6 heteroatoms. The number of carboxylic acids is 1. The van der Waals surface area contributed by atoms with E-state index in [1.54, 1.807) is 44.6 Å². The molecule has 1 amide bonds. The number of rotatable bonds is 8. The second-order valence-electron chi connectivity index (χ2n) is 6.67. The highest BCUT2D eigenvalue weighted by molar-refractivity contribution is 5.96. The first-order chi connectivity index (χ1) is 14.5. The average Bonchev–Trinajstić information content (AvgIpc) is 2.79. The van der Waals surface area contributed by atoms with Crippen molar-refractivity contribution in [3.8, 4) is 22.6 Å². The molecule has 0 aliphatic heterocycles. The monoisotopic (exact) mass is 405 g/mol. The highest BCUT2D eigenvalue weighted by Gasteiger charge is 2.21. The molecule has 0 aromatic heterocycles. The standard InChI is InChI=1S/C24H23NO5/c1-29-20-9-6-10-21(30-2)22(20)17-13-11-16(12-14-17)15-19(24(27)28)25-23(26)18-7-4-3-5-8-18/h3-14,19H,15H2,1-2H3,(H,25,26)(H,27,28)/t19-/m0/s1. The molecule has 0 spiro atoms. The van der Waals surface area contributed by atoms with E-state index in [0.29, 0.717) is 17.1 Å². The first kappa shape index (κ1) is 20.9. The van der Waals surface area contributed by atoms with Crippen molar-refractivity contribution in [3.63, 3.8) is 0 Å². The summed E-state index contributed by atoms with van der Waals surface area (Å²) < 4.78 is 10.9. The Kier molecular flexibility index (Phi) is 6.70. The molecule has 0 radical (unpaired) electrons. The fraction of sp³-hybridized carbons (Fsp3) is 0.167. The Morgan fingerprint density at radius 1 is 0.867 bits per heavy atom. The summed E-state index contributed by atoms with van der Waals surface area (Å²) in [5.74, 6) is -0.144. The maximum atomic E-state index is 12.3. The van der Waals surface area contributed by atoms with Crippen LogP contribution >= 0.6 is 0 Å². The Bertz CT molecular complexity index is 993. The lowest BCUT2D eigenvalue weighted by Gasteiger charge is -2.16. The first-order valence-corrected chi connectivity index (χ1v) is 9.42. The molecule has 0 heterocycles. The molecule has 154 valence electrons. The van der Waals surface area contributed by atoms with E-state index in [-0.39, 0.29) is 6.42 Å². The number of benzene rings is 3. The summed E-state index contributed by atoms with van der Waals surface area (Å²) in [6, 6.07) is 20.5. The fourth-order valence-electron chi connectivity index (χ4n) is 3.21. The van der Waals surface area contributed by atoms with E-state index in [1.165, 1.54) is 0 Å². The van der Waals surface area contributed by atoms with Crippen LogP contribution < -0.4 is 14.8 Å². The van der Waals surface area contributed by atoms with Crippen molar-refractivity contribution in [3.05, 3.63) is 83.9 Å². The summed E-state index contributed by atoms with van der Waals surface area (Å²) in [5, 5.41) is 12.1. The third-order valence-electron chi connectivity index (χ3n) is 4.75. The molecule has 0 saturated heterocycles. The van der Waals surface area contributed by atoms with Crippen molar-refractivity contribution >= 4 is 11.9 Å². The van der Waals surface area contributed by atoms with Gasteiger partial charge in [0.1, 0.15) is 17.5 Å². The molecule has 0 aliphatic rings. The van der Waals surface area contributed by atoms with Gasteiger partial charge in [-0.05, 0) is 35.4 Å². The van der Waals surface area contributed by atoms with Gasteiger partial charge in [0.2, 0.25) is 0 Å². The van der Waals surface area contributed by atoms with Crippen LogP contribution in [0.2, 0.25) is 0 Å². The van der Waals surface area contributed by atoms with E-state index in [4.69, 9.17) is 9.47 Å². The largest absolute Gasteiger partial charge is 0.496 e. The average molecular weight is 405 g/mol. The van der Waals surface area contributed by atoms with Crippen molar-refractivity contribution in [1.29, 1.82) is 0 Å². The summed E-state index contributed by atoms with van der Waals surface area (Å²) in [7, 11) is 3.19. The number of hydrogen-bond acceptors (Lipinski definition) is 4. The van der Waals surface area contributed by atoms with Crippen molar-refractivity contribution in [2.45, 2.75) is 12.5 Å². The van der Waals surface area contributed by atoms with Gasteiger partial charge in [0.15, 0.2) is 0 Å². The first-order valence-electron chi connectivity index (χ1n) is 9.42. The number of amides is 1. The molecule has 2 N–H and O–H groups in total. The van der Waals surface area contributed by atoms with Crippen LogP contribution in [-0.4, -0.2) is 37.2 Å². The summed E-state index contributed by atoms with van der Waals surface area (Å²) >= 11 is 0. The van der Waals surface area contributed by atoms with Crippen molar-refractivity contribution < 1.29 is 24.2 Å². The molecule has 0 unspecified atom stereocenters. The zero-order valence-corrected chi connectivity index (χ0v) is 16.8. The summed E-state index contributed by atoms with van der Waals surface area (Å²) in [4.78, 5) is 24.0. The molecule has 3 rings (SSSR count). The van der Waals surface area contributed by atoms with Gasteiger partial charge in [-0.3, -0.25) is 4.79 Å². The van der Waals surface area contributed by atoms with Crippen LogP contribution in [0.4, 0.5) is 0 Å². The van der Waals surface area contributed by atoms with Gasteiger partial charge in [-0.1, -0.05) is 48.5 Å². The second kappa shape index (κ2) is 9.60. The van der Waals surface area contributed by atoms with Crippen LogP contribution in [-0.2, 0) is 11.2 Å². The molecule has 0 aliphatic carbocycles. The van der Waals surface area contributed by atoms with Gasteiger partial charge in [0, 0.05) is 12.0 Å². The molecule has 30 heavy (non-hydrogen) atoms. The van der Waals surface area contributed by atoms with Gasteiger partial charge >= 0.3 is 5.97 Å². The second-order valence-corrected chi connectivity index (χ2v) is 6.67.